The van der Waals surface area contributed by atoms with Crippen LogP contribution in [-0.2, 0) is 11.4 Å². The molecule has 0 spiro atoms. The molecule has 2 aromatic rings. The van der Waals surface area contributed by atoms with Crippen molar-refractivity contribution < 1.29 is 14.3 Å². The first kappa shape index (κ1) is 16.1. The fraction of sp³-hybridized carbons (Fsp3) is 0.368. The Kier molecular flexibility index (Phi) is 4.21. The summed E-state index contributed by atoms with van der Waals surface area (Å²) in [5, 5.41) is 2.94. The summed E-state index contributed by atoms with van der Waals surface area (Å²) in [6.07, 6.45) is 1.62. The predicted octanol–water partition coefficient (Wildman–Crippen LogP) is 3.05. The lowest BCUT2D eigenvalue weighted by molar-refractivity contribution is -0.119. The summed E-state index contributed by atoms with van der Waals surface area (Å²) >= 11 is 1.55. The van der Waals surface area contributed by atoms with Crippen molar-refractivity contribution in [3.05, 3.63) is 40.8 Å². The van der Waals surface area contributed by atoms with Gasteiger partial charge in [-0.3, -0.25) is 9.59 Å². The van der Waals surface area contributed by atoms with Crippen LogP contribution in [0.1, 0.15) is 35.0 Å². The highest BCUT2D eigenvalue weighted by molar-refractivity contribution is 7.17. The minimum absolute atomic E-state index is 0.00521. The van der Waals surface area contributed by atoms with Gasteiger partial charge >= 0.3 is 0 Å². The number of benzene rings is 1. The van der Waals surface area contributed by atoms with Crippen molar-refractivity contribution in [1.82, 2.24) is 10.2 Å². The van der Waals surface area contributed by atoms with Gasteiger partial charge in [-0.25, -0.2) is 0 Å². The highest BCUT2D eigenvalue weighted by atomic mass is 32.1. The second kappa shape index (κ2) is 6.52. The van der Waals surface area contributed by atoms with E-state index in [1.807, 2.05) is 35.2 Å². The Morgan fingerprint density at radius 3 is 2.76 bits per heavy atom. The number of nitrogens with zero attached hydrogens (tertiary/aromatic N) is 1. The van der Waals surface area contributed by atoms with Crippen LogP contribution in [0.2, 0.25) is 0 Å². The number of ether oxygens (including phenoxy) is 1. The molecule has 2 aliphatic rings. The first-order valence-electron chi connectivity index (χ1n) is 8.53. The number of piperidine rings is 1. The van der Waals surface area contributed by atoms with E-state index in [2.05, 4.69) is 5.32 Å². The SMILES string of the molecule is CC(=O)NC1CCN(C(=O)c2cc3c(s2)-c2ccccc2OC3)CC1. The van der Waals surface area contributed by atoms with Gasteiger partial charge in [0.2, 0.25) is 5.91 Å². The molecule has 0 aliphatic carbocycles. The quantitative estimate of drug-likeness (QED) is 0.900. The summed E-state index contributed by atoms with van der Waals surface area (Å²) in [6, 6.07) is 10.1. The van der Waals surface area contributed by atoms with Crippen LogP contribution in [-0.4, -0.2) is 35.8 Å². The van der Waals surface area contributed by atoms with Crippen LogP contribution in [0.4, 0.5) is 0 Å². The van der Waals surface area contributed by atoms with Gasteiger partial charge in [0.25, 0.3) is 5.91 Å². The molecule has 0 radical (unpaired) electrons. The summed E-state index contributed by atoms with van der Waals surface area (Å²) < 4.78 is 5.78. The molecule has 1 aromatic heterocycles. The molecule has 3 heterocycles. The summed E-state index contributed by atoms with van der Waals surface area (Å²) in [7, 11) is 0. The molecule has 0 unspecified atom stereocenters. The van der Waals surface area contributed by atoms with Crippen LogP contribution in [0.3, 0.4) is 0 Å². The zero-order valence-electron chi connectivity index (χ0n) is 14.1. The Morgan fingerprint density at radius 1 is 1.24 bits per heavy atom. The number of likely N-dealkylation sites (tertiary alicyclic amines) is 1. The molecule has 1 N–H and O–H groups in total. The van der Waals surface area contributed by atoms with Crippen molar-refractivity contribution in [2.24, 2.45) is 0 Å². The monoisotopic (exact) mass is 356 g/mol. The number of para-hydroxylation sites is 1. The lowest BCUT2D eigenvalue weighted by atomic mass is 10.0. The third kappa shape index (κ3) is 3.14. The van der Waals surface area contributed by atoms with Crippen molar-refractivity contribution in [3.63, 3.8) is 0 Å². The van der Waals surface area contributed by atoms with Crippen molar-refractivity contribution in [1.29, 1.82) is 0 Å². The van der Waals surface area contributed by atoms with Gasteiger partial charge in [-0.2, -0.15) is 0 Å². The van der Waals surface area contributed by atoms with E-state index in [1.165, 1.54) is 6.92 Å². The molecule has 1 saturated heterocycles. The highest BCUT2D eigenvalue weighted by Gasteiger charge is 2.27. The molecule has 4 rings (SSSR count). The standard InChI is InChI=1S/C19H20N2O3S/c1-12(22)20-14-6-8-21(9-7-14)19(23)17-10-13-11-24-16-5-3-2-4-15(16)18(13)25-17/h2-5,10,14H,6-9,11H2,1H3,(H,20,22). The Morgan fingerprint density at radius 2 is 2.00 bits per heavy atom. The summed E-state index contributed by atoms with van der Waals surface area (Å²) in [6.45, 7) is 3.41. The van der Waals surface area contributed by atoms with E-state index in [1.54, 1.807) is 11.3 Å². The molecule has 130 valence electrons. The normalized spacial score (nSPS) is 16.6. The molecule has 1 fully saturated rings. The molecule has 25 heavy (non-hydrogen) atoms. The lowest BCUT2D eigenvalue weighted by Gasteiger charge is -2.31. The Hall–Kier alpha value is -2.34. The van der Waals surface area contributed by atoms with Gasteiger partial charge in [-0.15, -0.1) is 11.3 Å². The average Bonchev–Trinajstić information content (AvgIpc) is 3.06. The molecule has 0 bridgehead atoms. The molecule has 1 aromatic carbocycles. The number of hydrogen-bond donors (Lipinski definition) is 1. The van der Waals surface area contributed by atoms with Crippen molar-refractivity contribution >= 4 is 23.2 Å². The first-order valence-corrected chi connectivity index (χ1v) is 9.35. The number of thiophene rings is 1. The van der Waals surface area contributed by atoms with E-state index < -0.39 is 0 Å². The molecule has 2 amide bonds. The zero-order chi connectivity index (χ0) is 17.4. The van der Waals surface area contributed by atoms with Crippen LogP contribution in [0.25, 0.3) is 10.4 Å². The van der Waals surface area contributed by atoms with Crippen LogP contribution < -0.4 is 10.1 Å². The average molecular weight is 356 g/mol. The highest BCUT2D eigenvalue weighted by Crippen LogP contribution is 2.42. The molecule has 6 heteroatoms. The maximum atomic E-state index is 12.9. The smallest absolute Gasteiger partial charge is 0.263 e. The van der Waals surface area contributed by atoms with E-state index in [4.69, 9.17) is 4.74 Å². The van der Waals surface area contributed by atoms with Crippen LogP contribution in [0, 0.1) is 0 Å². The summed E-state index contributed by atoms with van der Waals surface area (Å²) in [4.78, 5) is 27.8. The fourth-order valence-electron chi connectivity index (χ4n) is 3.48. The number of nitrogens with one attached hydrogen (secondary N) is 1. The summed E-state index contributed by atoms with van der Waals surface area (Å²) in [5.74, 6) is 0.958. The van der Waals surface area contributed by atoms with Gasteiger partial charge in [0.05, 0.1) is 4.88 Å². The van der Waals surface area contributed by atoms with Gasteiger partial charge < -0.3 is 15.0 Å². The van der Waals surface area contributed by atoms with E-state index in [-0.39, 0.29) is 17.9 Å². The van der Waals surface area contributed by atoms with Crippen LogP contribution >= 0.6 is 11.3 Å². The zero-order valence-corrected chi connectivity index (χ0v) is 14.9. The fourth-order valence-corrected chi connectivity index (χ4v) is 4.64. The third-order valence-corrected chi connectivity index (χ3v) is 5.92. The lowest BCUT2D eigenvalue weighted by Crippen LogP contribution is -2.45. The number of fused-ring (bicyclic) bond motifs is 3. The molecule has 5 nitrogen and oxygen atoms in total. The number of carbonyl (C=O) groups is 2. The van der Waals surface area contributed by atoms with Crippen molar-refractivity contribution in [2.75, 3.05) is 13.1 Å². The predicted molar refractivity (Wildman–Crippen MR) is 96.8 cm³/mol. The van der Waals surface area contributed by atoms with Gasteiger partial charge in [-0.05, 0) is 31.0 Å². The Labute approximate surface area is 150 Å². The molecule has 0 atom stereocenters. The van der Waals surface area contributed by atoms with Gasteiger partial charge in [0, 0.05) is 42.1 Å². The van der Waals surface area contributed by atoms with Crippen molar-refractivity contribution in [2.45, 2.75) is 32.4 Å². The Bertz CT molecular complexity index is 822. The van der Waals surface area contributed by atoms with Gasteiger partial charge in [0.1, 0.15) is 12.4 Å². The number of hydrogen-bond acceptors (Lipinski definition) is 4. The van der Waals surface area contributed by atoms with Crippen LogP contribution in [0.15, 0.2) is 30.3 Å². The first-order chi connectivity index (χ1) is 12.1. The van der Waals surface area contributed by atoms with Gasteiger partial charge in [0.15, 0.2) is 0 Å². The number of rotatable bonds is 2. The number of amides is 2. The van der Waals surface area contributed by atoms with Crippen molar-refractivity contribution in [3.8, 4) is 16.2 Å². The molecule has 2 aliphatic heterocycles. The summed E-state index contributed by atoms with van der Waals surface area (Å²) in [5.41, 5.74) is 2.15. The minimum atomic E-state index is -0.00521. The van der Waals surface area contributed by atoms with E-state index >= 15 is 0 Å². The molecular weight excluding hydrogens is 336 g/mol. The van der Waals surface area contributed by atoms with E-state index in [0.29, 0.717) is 19.7 Å². The largest absolute Gasteiger partial charge is 0.488 e. The van der Waals surface area contributed by atoms with E-state index in [9.17, 15) is 9.59 Å². The topological polar surface area (TPSA) is 58.6 Å². The second-order valence-electron chi connectivity index (χ2n) is 6.52. The maximum absolute atomic E-state index is 12.9. The Balaban J connectivity index is 1.50. The second-order valence-corrected chi connectivity index (χ2v) is 7.57. The maximum Gasteiger partial charge on any atom is 0.263 e. The van der Waals surface area contributed by atoms with Gasteiger partial charge in [-0.1, -0.05) is 12.1 Å². The third-order valence-electron chi connectivity index (χ3n) is 4.72. The minimum Gasteiger partial charge on any atom is -0.488 e. The van der Waals surface area contributed by atoms with E-state index in [0.717, 1.165) is 39.5 Å². The molecular formula is C19H20N2O3S. The molecule has 0 saturated carbocycles. The number of carbonyl (C=O) groups excluding carboxylic acids is 2. The van der Waals surface area contributed by atoms with Crippen LogP contribution in [0.5, 0.6) is 5.75 Å².